The van der Waals surface area contributed by atoms with Gasteiger partial charge in [0.2, 0.25) is 0 Å². The zero-order valence-electron chi connectivity index (χ0n) is 10.00. The fourth-order valence-electron chi connectivity index (χ4n) is 1.63. The molecule has 0 spiro atoms. The molecule has 1 aromatic heterocycles. The van der Waals surface area contributed by atoms with Crippen LogP contribution in [0.25, 0.3) is 0 Å². The van der Waals surface area contributed by atoms with Gasteiger partial charge < -0.3 is 9.88 Å². The largest absolute Gasteiger partial charge is 0.353 e. The third-order valence-corrected chi connectivity index (χ3v) is 3.20. The predicted octanol–water partition coefficient (Wildman–Crippen LogP) is 3.34. The average Bonchev–Trinajstić information content (AvgIpc) is 2.33. The quantitative estimate of drug-likeness (QED) is 0.923. The summed E-state index contributed by atoms with van der Waals surface area (Å²) in [5.41, 5.74) is 1.41. The Balaban J connectivity index is 2.40. The number of aromatic nitrogens is 1. The van der Waals surface area contributed by atoms with Crippen molar-refractivity contribution in [2.45, 2.75) is 6.92 Å². The molecule has 0 aliphatic rings. The molecule has 3 nitrogen and oxygen atoms in total. The number of hydrogen-bond acceptors (Lipinski definition) is 2. The van der Waals surface area contributed by atoms with Gasteiger partial charge in [-0.1, -0.05) is 15.9 Å². The van der Waals surface area contributed by atoms with Crippen molar-refractivity contribution in [3.63, 3.8) is 0 Å². The fraction of sp³-hybridized carbons (Fsp3) is 0.154. The van der Waals surface area contributed by atoms with Gasteiger partial charge in [0.1, 0.15) is 5.82 Å². The number of pyridine rings is 1. The van der Waals surface area contributed by atoms with Gasteiger partial charge in [-0.25, -0.2) is 4.39 Å². The molecule has 0 saturated heterocycles. The second-order valence-corrected chi connectivity index (χ2v) is 4.94. The third kappa shape index (κ3) is 2.46. The summed E-state index contributed by atoms with van der Waals surface area (Å²) in [5, 5.41) is 2.93. The number of anilines is 2. The van der Waals surface area contributed by atoms with Crippen LogP contribution in [0.5, 0.6) is 0 Å². The van der Waals surface area contributed by atoms with Crippen LogP contribution in [0.4, 0.5) is 15.8 Å². The van der Waals surface area contributed by atoms with E-state index < -0.39 is 0 Å². The second kappa shape index (κ2) is 4.94. The summed E-state index contributed by atoms with van der Waals surface area (Å²) in [5.74, 6) is -0.371. The normalized spacial score (nSPS) is 10.4. The van der Waals surface area contributed by atoms with Crippen molar-refractivity contribution < 1.29 is 4.39 Å². The zero-order valence-corrected chi connectivity index (χ0v) is 11.6. The number of hydrogen-bond donors (Lipinski definition) is 1. The lowest BCUT2D eigenvalue weighted by molar-refractivity contribution is 0.631. The van der Waals surface area contributed by atoms with E-state index in [-0.39, 0.29) is 11.4 Å². The molecule has 1 heterocycles. The summed E-state index contributed by atoms with van der Waals surface area (Å²) in [6.45, 7) is 1.71. The molecule has 2 aromatic rings. The summed E-state index contributed by atoms with van der Waals surface area (Å²) < 4.78 is 15.8. The maximum atomic E-state index is 13.7. The maximum Gasteiger partial charge on any atom is 0.255 e. The molecule has 0 amide bonds. The van der Waals surface area contributed by atoms with Crippen LogP contribution in [0.15, 0.2) is 39.7 Å². The van der Waals surface area contributed by atoms with Crippen molar-refractivity contribution in [2.24, 2.45) is 7.05 Å². The van der Waals surface area contributed by atoms with Gasteiger partial charge in [0.05, 0.1) is 5.69 Å². The minimum absolute atomic E-state index is 0.0995. The van der Waals surface area contributed by atoms with Gasteiger partial charge >= 0.3 is 0 Å². The SMILES string of the molecule is Cc1c(Nc2ccc(Br)cc2F)ccn(C)c1=O. The standard InChI is InChI=1S/C13H12BrFN2O/c1-8-11(5-6-17(2)13(8)18)16-12-4-3-9(14)7-10(12)15/h3-7,16H,1-2H3. The fourth-order valence-corrected chi connectivity index (χ4v) is 1.96. The Morgan fingerprint density at radius 2 is 2.00 bits per heavy atom. The van der Waals surface area contributed by atoms with Crippen LogP contribution in [-0.2, 0) is 7.05 Å². The van der Waals surface area contributed by atoms with E-state index in [1.165, 1.54) is 10.6 Å². The molecular weight excluding hydrogens is 299 g/mol. The summed E-state index contributed by atoms with van der Waals surface area (Å²) in [6, 6.07) is 6.48. The van der Waals surface area contributed by atoms with Gasteiger partial charge in [-0.15, -0.1) is 0 Å². The third-order valence-electron chi connectivity index (χ3n) is 2.71. The molecular formula is C13H12BrFN2O. The molecule has 1 aromatic carbocycles. The predicted molar refractivity (Wildman–Crippen MR) is 73.8 cm³/mol. The molecule has 0 aliphatic heterocycles. The number of benzene rings is 1. The summed E-state index contributed by atoms with van der Waals surface area (Å²) in [6.07, 6.45) is 1.65. The molecule has 94 valence electrons. The molecule has 5 heteroatoms. The molecule has 0 aliphatic carbocycles. The maximum absolute atomic E-state index is 13.7. The number of halogens is 2. The van der Waals surface area contributed by atoms with Gasteiger partial charge in [0, 0.05) is 29.0 Å². The Labute approximate surface area is 112 Å². The first-order valence-corrected chi connectivity index (χ1v) is 6.16. The highest BCUT2D eigenvalue weighted by atomic mass is 79.9. The lowest BCUT2D eigenvalue weighted by Crippen LogP contribution is -2.19. The highest BCUT2D eigenvalue weighted by molar-refractivity contribution is 9.10. The lowest BCUT2D eigenvalue weighted by Gasteiger charge is -2.11. The highest BCUT2D eigenvalue weighted by Gasteiger charge is 2.07. The number of aryl methyl sites for hydroxylation is 1. The van der Waals surface area contributed by atoms with Crippen LogP contribution < -0.4 is 10.9 Å². The first-order valence-electron chi connectivity index (χ1n) is 5.37. The Hall–Kier alpha value is -1.62. The van der Waals surface area contributed by atoms with E-state index in [9.17, 15) is 9.18 Å². The Morgan fingerprint density at radius 1 is 1.28 bits per heavy atom. The Kier molecular flexibility index (Phi) is 3.52. The van der Waals surface area contributed by atoms with Crippen molar-refractivity contribution in [3.05, 3.63) is 56.7 Å². The van der Waals surface area contributed by atoms with Gasteiger partial charge in [0.15, 0.2) is 0 Å². The van der Waals surface area contributed by atoms with Crippen molar-refractivity contribution in [2.75, 3.05) is 5.32 Å². The molecule has 0 atom stereocenters. The molecule has 0 bridgehead atoms. The van der Waals surface area contributed by atoms with E-state index in [2.05, 4.69) is 21.2 Å². The van der Waals surface area contributed by atoms with E-state index in [1.807, 2.05) is 0 Å². The molecule has 2 rings (SSSR count). The second-order valence-electron chi connectivity index (χ2n) is 4.02. The van der Waals surface area contributed by atoms with Crippen LogP contribution in [-0.4, -0.2) is 4.57 Å². The zero-order chi connectivity index (χ0) is 13.3. The Morgan fingerprint density at radius 3 is 2.67 bits per heavy atom. The van der Waals surface area contributed by atoms with E-state index in [0.29, 0.717) is 21.4 Å². The number of nitrogens with one attached hydrogen (secondary N) is 1. The van der Waals surface area contributed by atoms with Gasteiger partial charge in [-0.3, -0.25) is 4.79 Å². The molecule has 1 N–H and O–H groups in total. The van der Waals surface area contributed by atoms with E-state index in [0.717, 1.165) is 0 Å². The molecule has 0 saturated carbocycles. The van der Waals surface area contributed by atoms with Crippen molar-refractivity contribution in [3.8, 4) is 0 Å². The summed E-state index contributed by atoms with van der Waals surface area (Å²) >= 11 is 3.20. The van der Waals surface area contributed by atoms with Crippen molar-refractivity contribution in [1.82, 2.24) is 4.57 Å². The van der Waals surface area contributed by atoms with Gasteiger partial charge in [0.25, 0.3) is 5.56 Å². The van der Waals surface area contributed by atoms with Gasteiger partial charge in [-0.05, 0) is 31.2 Å². The molecule has 18 heavy (non-hydrogen) atoms. The van der Waals surface area contributed by atoms with Crippen LogP contribution in [0.3, 0.4) is 0 Å². The first-order chi connectivity index (χ1) is 8.49. The van der Waals surface area contributed by atoms with E-state index in [1.54, 1.807) is 38.4 Å². The minimum Gasteiger partial charge on any atom is -0.353 e. The highest BCUT2D eigenvalue weighted by Crippen LogP contribution is 2.23. The number of rotatable bonds is 2. The summed E-state index contributed by atoms with van der Waals surface area (Å²) in [4.78, 5) is 11.7. The van der Waals surface area contributed by atoms with Gasteiger partial charge in [-0.2, -0.15) is 0 Å². The van der Waals surface area contributed by atoms with E-state index >= 15 is 0 Å². The average molecular weight is 311 g/mol. The molecule has 0 radical (unpaired) electrons. The lowest BCUT2D eigenvalue weighted by atomic mass is 10.2. The molecule has 0 fully saturated rings. The van der Waals surface area contributed by atoms with E-state index in [4.69, 9.17) is 0 Å². The van der Waals surface area contributed by atoms with Crippen LogP contribution in [0.1, 0.15) is 5.56 Å². The van der Waals surface area contributed by atoms with Crippen LogP contribution >= 0.6 is 15.9 Å². The minimum atomic E-state index is -0.371. The van der Waals surface area contributed by atoms with Crippen molar-refractivity contribution in [1.29, 1.82) is 0 Å². The van der Waals surface area contributed by atoms with Crippen LogP contribution in [0.2, 0.25) is 0 Å². The Bertz CT molecular complexity index is 652. The smallest absolute Gasteiger partial charge is 0.255 e. The topological polar surface area (TPSA) is 34.0 Å². The monoisotopic (exact) mass is 310 g/mol. The summed E-state index contributed by atoms with van der Waals surface area (Å²) in [7, 11) is 1.68. The first kappa shape index (κ1) is 12.8. The molecule has 0 unspecified atom stereocenters. The van der Waals surface area contributed by atoms with Crippen molar-refractivity contribution >= 4 is 27.3 Å². The number of nitrogens with zero attached hydrogens (tertiary/aromatic N) is 1. The van der Waals surface area contributed by atoms with Crippen LogP contribution in [0, 0.1) is 12.7 Å².